The maximum atomic E-state index is 2.37. The van der Waals surface area contributed by atoms with Gasteiger partial charge in [0.25, 0.3) is 0 Å². The fourth-order valence-corrected chi connectivity index (χ4v) is 8.26. The minimum absolute atomic E-state index is 1.09. The minimum atomic E-state index is 1.09. The lowest BCUT2D eigenvalue weighted by Gasteiger charge is -2.26. The molecule has 0 amide bonds. The molecular formula is C56H39N. The molecule has 1 heteroatoms. The van der Waals surface area contributed by atoms with E-state index in [0.29, 0.717) is 0 Å². The molecule has 0 aliphatic rings. The van der Waals surface area contributed by atoms with E-state index >= 15 is 0 Å². The van der Waals surface area contributed by atoms with Crippen LogP contribution in [0.15, 0.2) is 237 Å². The average molecular weight is 726 g/mol. The first-order valence-corrected chi connectivity index (χ1v) is 19.6. The first kappa shape index (κ1) is 34.0. The van der Waals surface area contributed by atoms with Crippen molar-refractivity contribution in [1.29, 1.82) is 0 Å². The van der Waals surface area contributed by atoms with Crippen molar-refractivity contribution in [2.75, 3.05) is 4.90 Å². The second-order valence-electron chi connectivity index (χ2n) is 14.5. The standard InChI is InChI=1S/C56H39N/c1-3-14-40(15-4-1)55-37-32-47(39-56(55)43-16-5-2-6-17-43)46-22-11-23-50(38-46)57(48-33-28-44(29-34-48)53-26-12-20-41-18-7-9-24-51(41)53)49-35-30-45(31-36-49)54-27-13-21-42-19-8-10-25-52(42)54/h1-39H. The summed E-state index contributed by atoms with van der Waals surface area (Å²) in [6.45, 7) is 0. The first-order valence-electron chi connectivity index (χ1n) is 19.6. The summed E-state index contributed by atoms with van der Waals surface area (Å²) in [6.07, 6.45) is 0. The molecule has 268 valence electrons. The Morgan fingerprint density at radius 2 is 0.614 bits per heavy atom. The van der Waals surface area contributed by atoms with Crippen LogP contribution in [-0.2, 0) is 0 Å². The van der Waals surface area contributed by atoms with E-state index in [9.17, 15) is 0 Å². The smallest absolute Gasteiger partial charge is 0.0467 e. The SMILES string of the molecule is c1ccc(-c2ccc(-c3cccc(N(c4ccc(-c5cccc6ccccc56)cc4)c4ccc(-c5cccc6ccccc56)cc4)c3)cc2-c2ccccc2)cc1. The zero-order valence-corrected chi connectivity index (χ0v) is 31.5. The molecule has 0 aliphatic heterocycles. The molecule has 0 fully saturated rings. The van der Waals surface area contributed by atoms with Crippen molar-refractivity contribution in [2.24, 2.45) is 0 Å². The van der Waals surface area contributed by atoms with Gasteiger partial charge in [-0.25, -0.2) is 0 Å². The average Bonchev–Trinajstić information content (AvgIpc) is 3.30. The summed E-state index contributed by atoms with van der Waals surface area (Å²) in [4.78, 5) is 2.37. The quantitative estimate of drug-likeness (QED) is 0.151. The molecule has 0 bridgehead atoms. The predicted molar refractivity (Wildman–Crippen MR) is 243 cm³/mol. The lowest BCUT2D eigenvalue weighted by molar-refractivity contribution is 1.28. The second-order valence-corrected chi connectivity index (χ2v) is 14.5. The number of hydrogen-bond donors (Lipinski definition) is 0. The van der Waals surface area contributed by atoms with Crippen molar-refractivity contribution in [3.05, 3.63) is 237 Å². The highest BCUT2D eigenvalue weighted by atomic mass is 15.1. The second kappa shape index (κ2) is 15.0. The third kappa shape index (κ3) is 6.66. The molecule has 0 heterocycles. The third-order valence-electron chi connectivity index (χ3n) is 11.1. The zero-order valence-electron chi connectivity index (χ0n) is 31.5. The van der Waals surface area contributed by atoms with E-state index in [4.69, 9.17) is 0 Å². The molecule has 1 nitrogen and oxygen atoms in total. The highest BCUT2D eigenvalue weighted by Gasteiger charge is 2.16. The molecule has 0 unspecified atom stereocenters. The van der Waals surface area contributed by atoms with Crippen molar-refractivity contribution in [3.8, 4) is 55.6 Å². The van der Waals surface area contributed by atoms with Crippen molar-refractivity contribution in [2.45, 2.75) is 0 Å². The van der Waals surface area contributed by atoms with E-state index in [1.54, 1.807) is 0 Å². The van der Waals surface area contributed by atoms with Crippen LogP contribution in [0.3, 0.4) is 0 Å². The third-order valence-corrected chi connectivity index (χ3v) is 11.1. The van der Waals surface area contributed by atoms with Crippen LogP contribution in [-0.4, -0.2) is 0 Å². The van der Waals surface area contributed by atoms with Gasteiger partial charge in [0, 0.05) is 17.1 Å². The van der Waals surface area contributed by atoms with Gasteiger partial charge in [-0.1, -0.05) is 194 Å². The minimum Gasteiger partial charge on any atom is -0.310 e. The summed E-state index contributed by atoms with van der Waals surface area (Å²) in [5.74, 6) is 0. The van der Waals surface area contributed by atoms with Crippen LogP contribution in [0.4, 0.5) is 17.1 Å². The molecule has 10 aromatic rings. The maximum absolute atomic E-state index is 2.37. The normalized spacial score (nSPS) is 11.2. The molecule has 0 aliphatic carbocycles. The van der Waals surface area contributed by atoms with Gasteiger partial charge in [0.1, 0.15) is 0 Å². The number of benzene rings is 10. The molecule has 0 N–H and O–H groups in total. The molecule has 0 aromatic heterocycles. The van der Waals surface area contributed by atoms with Crippen LogP contribution in [0.5, 0.6) is 0 Å². The molecule has 0 saturated heterocycles. The number of hydrogen-bond acceptors (Lipinski definition) is 1. The fraction of sp³-hybridized carbons (Fsp3) is 0. The number of anilines is 3. The van der Waals surface area contributed by atoms with Gasteiger partial charge in [-0.2, -0.15) is 0 Å². The Morgan fingerprint density at radius 3 is 1.18 bits per heavy atom. The van der Waals surface area contributed by atoms with Crippen molar-refractivity contribution in [3.63, 3.8) is 0 Å². The van der Waals surface area contributed by atoms with Gasteiger partial charge in [-0.15, -0.1) is 0 Å². The van der Waals surface area contributed by atoms with Gasteiger partial charge in [-0.05, 0) is 120 Å². The lowest BCUT2D eigenvalue weighted by atomic mass is 9.91. The van der Waals surface area contributed by atoms with Crippen molar-refractivity contribution in [1.82, 2.24) is 0 Å². The summed E-state index contributed by atoms with van der Waals surface area (Å²) in [5, 5.41) is 5.01. The Balaban J connectivity index is 1.08. The van der Waals surface area contributed by atoms with Gasteiger partial charge >= 0.3 is 0 Å². The van der Waals surface area contributed by atoms with E-state index in [2.05, 4.69) is 241 Å². The van der Waals surface area contributed by atoms with Crippen LogP contribution in [0.25, 0.3) is 77.2 Å². The van der Waals surface area contributed by atoms with E-state index < -0.39 is 0 Å². The van der Waals surface area contributed by atoms with E-state index in [-0.39, 0.29) is 0 Å². The summed E-state index contributed by atoms with van der Waals surface area (Å²) < 4.78 is 0. The van der Waals surface area contributed by atoms with Gasteiger partial charge in [0.05, 0.1) is 0 Å². The number of nitrogens with zero attached hydrogens (tertiary/aromatic N) is 1. The van der Waals surface area contributed by atoms with Crippen LogP contribution < -0.4 is 4.90 Å². The summed E-state index contributed by atoms with van der Waals surface area (Å²) in [6, 6.07) is 85.6. The Hall–Kier alpha value is -7.48. The van der Waals surface area contributed by atoms with Crippen LogP contribution >= 0.6 is 0 Å². The molecule has 57 heavy (non-hydrogen) atoms. The van der Waals surface area contributed by atoms with Crippen LogP contribution in [0, 0.1) is 0 Å². The van der Waals surface area contributed by atoms with Crippen molar-refractivity contribution >= 4 is 38.6 Å². The van der Waals surface area contributed by atoms with Gasteiger partial charge < -0.3 is 4.90 Å². The first-order chi connectivity index (χ1) is 28.3. The van der Waals surface area contributed by atoms with E-state index in [1.165, 1.54) is 71.6 Å². The highest BCUT2D eigenvalue weighted by Crippen LogP contribution is 2.41. The van der Waals surface area contributed by atoms with E-state index in [0.717, 1.165) is 22.6 Å². The highest BCUT2D eigenvalue weighted by molar-refractivity contribution is 5.98. The predicted octanol–water partition coefficient (Wildman–Crippen LogP) is 15.8. The number of rotatable bonds is 8. The molecule has 0 saturated carbocycles. The molecule has 0 radical (unpaired) electrons. The van der Waals surface area contributed by atoms with Crippen LogP contribution in [0.1, 0.15) is 0 Å². The topological polar surface area (TPSA) is 3.24 Å². The number of fused-ring (bicyclic) bond motifs is 2. The Kier molecular flexibility index (Phi) is 8.95. The zero-order chi connectivity index (χ0) is 38.0. The summed E-state index contributed by atoms with van der Waals surface area (Å²) in [7, 11) is 0. The lowest BCUT2D eigenvalue weighted by Crippen LogP contribution is -2.10. The maximum Gasteiger partial charge on any atom is 0.0467 e. The summed E-state index contributed by atoms with van der Waals surface area (Å²) in [5.41, 5.74) is 15.3. The molecule has 0 spiro atoms. The Bertz CT molecular complexity index is 2850. The Morgan fingerprint density at radius 1 is 0.211 bits per heavy atom. The van der Waals surface area contributed by atoms with Gasteiger partial charge in [0.15, 0.2) is 0 Å². The summed E-state index contributed by atoms with van der Waals surface area (Å²) >= 11 is 0. The Labute approximate surface area is 334 Å². The van der Waals surface area contributed by atoms with Gasteiger partial charge in [0.2, 0.25) is 0 Å². The molecular weight excluding hydrogens is 687 g/mol. The van der Waals surface area contributed by atoms with Gasteiger partial charge in [-0.3, -0.25) is 0 Å². The van der Waals surface area contributed by atoms with E-state index in [1.807, 2.05) is 0 Å². The molecule has 0 atom stereocenters. The van der Waals surface area contributed by atoms with Crippen LogP contribution in [0.2, 0.25) is 0 Å². The molecule has 10 aromatic carbocycles. The fourth-order valence-electron chi connectivity index (χ4n) is 8.26. The van der Waals surface area contributed by atoms with Crippen molar-refractivity contribution < 1.29 is 0 Å². The molecule has 10 rings (SSSR count). The largest absolute Gasteiger partial charge is 0.310 e. The monoisotopic (exact) mass is 725 g/mol.